The lowest BCUT2D eigenvalue weighted by atomic mass is 9.96. The van der Waals surface area contributed by atoms with E-state index < -0.39 is 17.9 Å². The average Bonchev–Trinajstić information content (AvgIpc) is 2.78. The van der Waals surface area contributed by atoms with Gasteiger partial charge in [0.25, 0.3) is 0 Å². The molecule has 4 heteroatoms. The van der Waals surface area contributed by atoms with Crippen LogP contribution >= 0.6 is 0 Å². The fourth-order valence-corrected chi connectivity index (χ4v) is 2.19. The van der Waals surface area contributed by atoms with Gasteiger partial charge in [0, 0.05) is 0 Å². The molecule has 19 heavy (non-hydrogen) atoms. The van der Waals surface area contributed by atoms with Crippen LogP contribution < -0.4 is 0 Å². The van der Waals surface area contributed by atoms with E-state index in [9.17, 15) is 9.59 Å². The smallest absolute Gasteiger partial charge is 0.335 e. The third kappa shape index (κ3) is 2.52. The maximum atomic E-state index is 12.1. The van der Waals surface area contributed by atoms with Crippen LogP contribution in [0.4, 0.5) is 0 Å². The summed E-state index contributed by atoms with van der Waals surface area (Å²) >= 11 is 0. The summed E-state index contributed by atoms with van der Waals surface area (Å²) in [5.74, 6) is -1.54. The Labute approximate surface area is 112 Å². The number of hydrogen-bond donors (Lipinski definition) is 0. The van der Waals surface area contributed by atoms with Gasteiger partial charge in [-0.3, -0.25) is 4.79 Å². The van der Waals surface area contributed by atoms with Crippen LogP contribution in [0.3, 0.4) is 0 Å². The van der Waals surface area contributed by atoms with Gasteiger partial charge < -0.3 is 9.47 Å². The van der Waals surface area contributed by atoms with Crippen LogP contribution in [0.5, 0.6) is 0 Å². The number of fused-ring (bicyclic) bond motifs is 1. The summed E-state index contributed by atoms with van der Waals surface area (Å²) < 4.78 is 10.1. The SMILES string of the molecule is CCOC(=O)C1=Cc2ccccc2C1C(=O)OCC. The molecule has 2 rings (SSSR count). The standard InChI is InChI=1S/C15H16O4/c1-3-18-14(16)12-9-10-7-5-6-8-11(10)13(12)15(17)19-4-2/h5-9,13H,3-4H2,1-2H3. The zero-order valence-electron chi connectivity index (χ0n) is 11.0. The van der Waals surface area contributed by atoms with E-state index in [0.29, 0.717) is 5.57 Å². The molecule has 0 radical (unpaired) electrons. The topological polar surface area (TPSA) is 52.6 Å². The summed E-state index contributed by atoms with van der Waals surface area (Å²) in [7, 11) is 0. The van der Waals surface area contributed by atoms with Crippen LogP contribution in [0.25, 0.3) is 6.08 Å². The van der Waals surface area contributed by atoms with Gasteiger partial charge in [0.1, 0.15) is 5.92 Å². The molecule has 0 saturated heterocycles. The minimum absolute atomic E-state index is 0.280. The highest BCUT2D eigenvalue weighted by Gasteiger charge is 2.36. The molecule has 4 nitrogen and oxygen atoms in total. The van der Waals surface area contributed by atoms with Crippen molar-refractivity contribution in [2.45, 2.75) is 19.8 Å². The van der Waals surface area contributed by atoms with Crippen LogP contribution in [0, 0.1) is 0 Å². The first kappa shape index (κ1) is 13.3. The predicted molar refractivity (Wildman–Crippen MR) is 70.4 cm³/mol. The number of hydrogen-bond acceptors (Lipinski definition) is 4. The van der Waals surface area contributed by atoms with E-state index >= 15 is 0 Å². The van der Waals surface area contributed by atoms with E-state index in [2.05, 4.69) is 0 Å². The molecule has 1 atom stereocenters. The molecule has 0 amide bonds. The monoisotopic (exact) mass is 260 g/mol. The normalized spacial score (nSPS) is 16.5. The fraction of sp³-hybridized carbons (Fsp3) is 0.333. The van der Waals surface area contributed by atoms with Crippen molar-refractivity contribution < 1.29 is 19.1 Å². The van der Waals surface area contributed by atoms with Gasteiger partial charge in [-0.25, -0.2) is 4.79 Å². The molecule has 0 spiro atoms. The minimum Gasteiger partial charge on any atom is -0.465 e. The third-order valence-corrected chi connectivity index (χ3v) is 2.96. The van der Waals surface area contributed by atoms with Crippen molar-refractivity contribution >= 4 is 18.0 Å². The van der Waals surface area contributed by atoms with Gasteiger partial charge in [0.05, 0.1) is 18.8 Å². The summed E-state index contributed by atoms with van der Waals surface area (Å²) in [4.78, 5) is 24.0. The minimum atomic E-state index is -0.671. The third-order valence-electron chi connectivity index (χ3n) is 2.96. The quantitative estimate of drug-likeness (QED) is 0.779. The molecular formula is C15H16O4. The Balaban J connectivity index is 2.37. The van der Waals surface area contributed by atoms with Crippen molar-refractivity contribution in [1.29, 1.82) is 0 Å². The molecule has 1 aromatic carbocycles. The molecule has 1 aromatic rings. The van der Waals surface area contributed by atoms with Crippen molar-refractivity contribution in [1.82, 2.24) is 0 Å². The molecule has 0 saturated carbocycles. The first-order chi connectivity index (χ1) is 9.19. The second kappa shape index (κ2) is 5.69. The van der Waals surface area contributed by atoms with Gasteiger partial charge in [-0.2, -0.15) is 0 Å². The Morgan fingerprint density at radius 2 is 1.79 bits per heavy atom. The number of benzene rings is 1. The number of carbonyl (C=O) groups excluding carboxylic acids is 2. The van der Waals surface area contributed by atoms with Crippen molar-refractivity contribution in [2.24, 2.45) is 0 Å². The summed E-state index contributed by atoms with van der Waals surface area (Å²) in [6, 6.07) is 7.41. The fourth-order valence-electron chi connectivity index (χ4n) is 2.19. The largest absolute Gasteiger partial charge is 0.465 e. The van der Waals surface area contributed by atoms with Gasteiger partial charge in [-0.05, 0) is 31.1 Å². The molecule has 100 valence electrons. The van der Waals surface area contributed by atoms with Crippen LogP contribution in [-0.4, -0.2) is 25.2 Å². The van der Waals surface area contributed by atoms with E-state index in [-0.39, 0.29) is 13.2 Å². The van der Waals surface area contributed by atoms with Crippen molar-refractivity contribution in [2.75, 3.05) is 13.2 Å². The van der Waals surface area contributed by atoms with E-state index in [0.717, 1.165) is 11.1 Å². The zero-order valence-corrected chi connectivity index (χ0v) is 11.0. The Kier molecular flexibility index (Phi) is 4.00. The zero-order chi connectivity index (χ0) is 13.8. The van der Waals surface area contributed by atoms with Gasteiger partial charge in [0.2, 0.25) is 0 Å². The molecule has 0 fully saturated rings. The van der Waals surface area contributed by atoms with Gasteiger partial charge >= 0.3 is 11.9 Å². The lowest BCUT2D eigenvalue weighted by molar-refractivity contribution is -0.147. The highest BCUT2D eigenvalue weighted by atomic mass is 16.5. The predicted octanol–water partition coefficient (Wildman–Crippen LogP) is 2.29. The second-order valence-corrected chi connectivity index (χ2v) is 4.13. The van der Waals surface area contributed by atoms with E-state index in [1.165, 1.54) is 0 Å². The first-order valence-electron chi connectivity index (χ1n) is 6.33. The summed E-state index contributed by atoms with van der Waals surface area (Å²) in [6.45, 7) is 4.04. The van der Waals surface area contributed by atoms with Crippen molar-refractivity contribution in [3.63, 3.8) is 0 Å². The average molecular weight is 260 g/mol. The Morgan fingerprint density at radius 3 is 2.47 bits per heavy atom. The molecule has 1 unspecified atom stereocenters. The lowest BCUT2D eigenvalue weighted by Gasteiger charge is -2.14. The number of esters is 2. The summed E-state index contributed by atoms with van der Waals surface area (Å²) in [6.07, 6.45) is 1.70. The Morgan fingerprint density at radius 1 is 1.11 bits per heavy atom. The molecule has 0 aromatic heterocycles. The van der Waals surface area contributed by atoms with E-state index in [1.54, 1.807) is 19.9 Å². The lowest BCUT2D eigenvalue weighted by Crippen LogP contribution is -2.21. The molecule has 1 aliphatic carbocycles. The maximum Gasteiger partial charge on any atom is 0.335 e. The van der Waals surface area contributed by atoms with E-state index in [1.807, 2.05) is 24.3 Å². The van der Waals surface area contributed by atoms with Crippen LogP contribution in [0.15, 0.2) is 29.8 Å². The van der Waals surface area contributed by atoms with Crippen molar-refractivity contribution in [3.8, 4) is 0 Å². The summed E-state index contributed by atoms with van der Waals surface area (Å²) in [5, 5.41) is 0. The molecular weight excluding hydrogens is 244 g/mol. The molecule has 0 heterocycles. The molecule has 1 aliphatic rings. The van der Waals surface area contributed by atoms with Gasteiger partial charge in [0.15, 0.2) is 0 Å². The summed E-state index contributed by atoms with van der Waals surface area (Å²) in [5.41, 5.74) is 2.01. The Hall–Kier alpha value is -2.10. The second-order valence-electron chi connectivity index (χ2n) is 4.13. The number of ether oxygens (including phenoxy) is 2. The van der Waals surface area contributed by atoms with Gasteiger partial charge in [-0.15, -0.1) is 0 Å². The molecule has 0 N–H and O–H groups in total. The first-order valence-corrected chi connectivity index (χ1v) is 6.33. The molecule has 0 aliphatic heterocycles. The highest BCUT2D eigenvalue weighted by Crippen LogP contribution is 2.37. The van der Waals surface area contributed by atoms with E-state index in [4.69, 9.17) is 9.47 Å². The van der Waals surface area contributed by atoms with Crippen molar-refractivity contribution in [3.05, 3.63) is 41.0 Å². The highest BCUT2D eigenvalue weighted by molar-refractivity contribution is 6.05. The maximum absolute atomic E-state index is 12.1. The number of rotatable bonds is 4. The van der Waals surface area contributed by atoms with Crippen LogP contribution in [-0.2, 0) is 19.1 Å². The Bertz CT molecular complexity index is 531. The van der Waals surface area contributed by atoms with Gasteiger partial charge in [-0.1, -0.05) is 24.3 Å². The van der Waals surface area contributed by atoms with Crippen LogP contribution in [0.1, 0.15) is 30.9 Å². The van der Waals surface area contributed by atoms with Crippen LogP contribution in [0.2, 0.25) is 0 Å². The number of carbonyl (C=O) groups is 2. The molecule has 0 bridgehead atoms.